The molecule has 3 heterocycles. The van der Waals surface area contributed by atoms with Crippen molar-refractivity contribution in [1.29, 1.82) is 0 Å². The van der Waals surface area contributed by atoms with Crippen LogP contribution in [0.4, 0.5) is 4.39 Å². The molecule has 0 unspecified atom stereocenters. The largest absolute Gasteiger partial charge is 0.347 e. The molecule has 3 aromatic heterocycles. The van der Waals surface area contributed by atoms with Crippen molar-refractivity contribution < 1.29 is 4.39 Å². The van der Waals surface area contributed by atoms with Gasteiger partial charge in [-0.15, -0.1) is 10.2 Å². The first-order chi connectivity index (χ1) is 14.9. The average molecular weight is 423 g/mol. The van der Waals surface area contributed by atoms with E-state index in [1.807, 2.05) is 13.8 Å². The molecular weight excluding hydrogens is 395 g/mol. The summed E-state index contributed by atoms with van der Waals surface area (Å²) in [6, 6.07) is 1.46. The molecule has 4 rings (SSSR count). The van der Waals surface area contributed by atoms with E-state index in [0.717, 1.165) is 32.1 Å². The summed E-state index contributed by atoms with van der Waals surface area (Å²) >= 11 is 0. The third kappa shape index (κ3) is 4.06. The number of alkyl halides is 1. The van der Waals surface area contributed by atoms with E-state index in [0.29, 0.717) is 22.6 Å². The quantitative estimate of drug-likeness (QED) is 0.617. The number of pyridine rings is 1. The maximum atomic E-state index is 15.5. The van der Waals surface area contributed by atoms with Gasteiger partial charge in [0.2, 0.25) is 0 Å². The Bertz CT molecular complexity index is 1110. The molecule has 1 aliphatic carbocycles. The third-order valence-corrected chi connectivity index (χ3v) is 6.60. The fourth-order valence-electron chi connectivity index (χ4n) is 4.31. The summed E-state index contributed by atoms with van der Waals surface area (Å²) in [5.74, 6) is 0.504. The van der Waals surface area contributed by atoms with Gasteiger partial charge >= 0.3 is 0 Å². The van der Waals surface area contributed by atoms with Crippen molar-refractivity contribution in [3.05, 3.63) is 59.7 Å². The van der Waals surface area contributed by atoms with Crippen LogP contribution in [0, 0.1) is 11.3 Å². The molecule has 0 radical (unpaired) electrons. The number of halogens is 1. The number of imidazole rings is 1. The highest BCUT2D eigenvalue weighted by Gasteiger charge is 2.41. The lowest BCUT2D eigenvalue weighted by Crippen LogP contribution is -2.33. The maximum Gasteiger partial charge on any atom is 0.194 e. The van der Waals surface area contributed by atoms with E-state index in [2.05, 4.69) is 31.7 Å². The van der Waals surface area contributed by atoms with Gasteiger partial charge in [-0.05, 0) is 30.3 Å². The highest BCUT2D eigenvalue weighted by molar-refractivity contribution is 5.63. The van der Waals surface area contributed by atoms with E-state index in [9.17, 15) is 4.79 Å². The number of aromatic amines is 1. The van der Waals surface area contributed by atoms with E-state index < -0.39 is 6.17 Å². The zero-order valence-corrected chi connectivity index (χ0v) is 17.9. The molecule has 162 valence electrons. The van der Waals surface area contributed by atoms with Gasteiger partial charge in [0.05, 0.1) is 11.8 Å². The molecular formula is C23H27FN6O. The topological polar surface area (TPSA) is 89.4 Å². The van der Waals surface area contributed by atoms with Crippen LogP contribution in [0.2, 0.25) is 0 Å². The molecule has 3 atom stereocenters. The maximum absolute atomic E-state index is 15.5. The first-order valence-corrected chi connectivity index (χ1v) is 10.7. The number of nitrogens with one attached hydrogen (secondary N) is 1. The van der Waals surface area contributed by atoms with E-state index in [1.165, 1.54) is 12.3 Å². The van der Waals surface area contributed by atoms with Crippen molar-refractivity contribution in [2.24, 2.45) is 11.3 Å². The van der Waals surface area contributed by atoms with Gasteiger partial charge < -0.3 is 4.98 Å². The van der Waals surface area contributed by atoms with Crippen LogP contribution in [0.3, 0.4) is 0 Å². The SMILES string of the molecule is C=C(c1cnc(-c2c[nH]c(-n3ccnc3)cc2=O)nn1)[C@@H]1CCCC[C@](C)(CC)[C@H]1F. The fraction of sp³-hybridized carbons (Fsp3) is 0.435. The Morgan fingerprint density at radius 1 is 1.39 bits per heavy atom. The number of allylic oxidation sites excluding steroid dienone is 1. The summed E-state index contributed by atoms with van der Waals surface area (Å²) in [6.07, 6.45) is 11.5. The minimum absolute atomic E-state index is 0.214. The molecule has 0 spiro atoms. The second-order valence-corrected chi connectivity index (χ2v) is 8.52. The highest BCUT2D eigenvalue weighted by Crippen LogP contribution is 2.46. The molecule has 1 aliphatic rings. The standard InChI is InChI=1S/C23H27FN6O/c1-4-23(3)8-6-5-7-16(21(23)24)15(2)18-13-27-22(29-28-18)17-12-26-20(11-19(17)31)30-10-9-25-14-30/h9-14,16,21H,2,4-8H2,1,3H3,(H,26,31)/t16-,21-,23-/m0/s1. The molecule has 8 heteroatoms. The van der Waals surface area contributed by atoms with Crippen LogP contribution < -0.4 is 5.43 Å². The summed E-state index contributed by atoms with van der Waals surface area (Å²) in [6.45, 7) is 8.21. The molecule has 3 aromatic rings. The van der Waals surface area contributed by atoms with Gasteiger partial charge in [-0.1, -0.05) is 33.3 Å². The lowest BCUT2D eigenvalue weighted by atomic mass is 9.73. The minimum Gasteiger partial charge on any atom is -0.347 e. The lowest BCUT2D eigenvalue weighted by Gasteiger charge is -2.35. The van der Waals surface area contributed by atoms with Crippen LogP contribution >= 0.6 is 0 Å². The number of H-pyrrole nitrogens is 1. The summed E-state index contributed by atoms with van der Waals surface area (Å²) < 4.78 is 17.2. The fourth-order valence-corrected chi connectivity index (χ4v) is 4.31. The first kappa shape index (κ1) is 21.1. The van der Waals surface area contributed by atoms with Crippen LogP contribution in [0.25, 0.3) is 22.8 Å². The average Bonchev–Trinajstić information content (AvgIpc) is 3.28. The van der Waals surface area contributed by atoms with Gasteiger partial charge in [0.15, 0.2) is 11.3 Å². The molecule has 1 fully saturated rings. The van der Waals surface area contributed by atoms with E-state index in [4.69, 9.17) is 0 Å². The Hall–Kier alpha value is -3.16. The first-order valence-electron chi connectivity index (χ1n) is 10.7. The molecule has 7 nitrogen and oxygen atoms in total. The summed E-state index contributed by atoms with van der Waals surface area (Å²) in [5, 5.41) is 8.38. The second-order valence-electron chi connectivity index (χ2n) is 8.52. The molecule has 1 N–H and O–H groups in total. The Balaban J connectivity index is 1.57. The van der Waals surface area contributed by atoms with Crippen molar-refractivity contribution in [1.82, 2.24) is 29.7 Å². The normalized spacial score (nSPS) is 24.0. The molecule has 31 heavy (non-hydrogen) atoms. The van der Waals surface area contributed by atoms with Gasteiger partial charge in [0.25, 0.3) is 0 Å². The van der Waals surface area contributed by atoms with Crippen molar-refractivity contribution in [2.75, 3.05) is 0 Å². The van der Waals surface area contributed by atoms with Crippen LogP contribution in [0.5, 0.6) is 0 Å². The molecule has 0 amide bonds. The molecule has 0 bridgehead atoms. The summed E-state index contributed by atoms with van der Waals surface area (Å²) in [5.41, 5.74) is 0.829. The number of aromatic nitrogens is 6. The second kappa shape index (κ2) is 8.53. The predicted octanol–water partition coefficient (Wildman–Crippen LogP) is 4.37. The Morgan fingerprint density at radius 3 is 2.87 bits per heavy atom. The Labute approximate surface area is 180 Å². The molecule has 0 aliphatic heterocycles. The number of rotatable bonds is 5. The smallest absolute Gasteiger partial charge is 0.194 e. The zero-order chi connectivity index (χ0) is 22.0. The van der Waals surface area contributed by atoms with Crippen molar-refractivity contribution >= 4 is 5.57 Å². The zero-order valence-electron chi connectivity index (χ0n) is 17.9. The number of hydrogen-bond acceptors (Lipinski definition) is 5. The van der Waals surface area contributed by atoms with E-state index >= 15 is 4.39 Å². The van der Waals surface area contributed by atoms with Crippen LogP contribution in [0.1, 0.15) is 51.6 Å². The van der Waals surface area contributed by atoms with Crippen molar-refractivity contribution in [3.8, 4) is 17.2 Å². The highest BCUT2D eigenvalue weighted by atomic mass is 19.1. The van der Waals surface area contributed by atoms with Crippen molar-refractivity contribution in [2.45, 2.75) is 52.1 Å². The lowest BCUT2D eigenvalue weighted by molar-refractivity contribution is 0.0861. The van der Waals surface area contributed by atoms with Crippen LogP contribution in [0.15, 0.2) is 48.6 Å². The predicted molar refractivity (Wildman–Crippen MR) is 117 cm³/mol. The number of nitrogens with zero attached hydrogens (tertiary/aromatic N) is 5. The van der Waals surface area contributed by atoms with Crippen LogP contribution in [-0.4, -0.2) is 35.9 Å². The van der Waals surface area contributed by atoms with Gasteiger partial charge in [-0.25, -0.2) is 14.4 Å². The van der Waals surface area contributed by atoms with Gasteiger partial charge in [-0.3, -0.25) is 9.36 Å². The van der Waals surface area contributed by atoms with E-state index in [-0.39, 0.29) is 22.6 Å². The molecule has 0 saturated heterocycles. The monoisotopic (exact) mass is 422 g/mol. The van der Waals surface area contributed by atoms with E-state index in [1.54, 1.807) is 29.5 Å². The van der Waals surface area contributed by atoms with Gasteiger partial charge in [0.1, 0.15) is 24.0 Å². The minimum atomic E-state index is -0.979. The number of hydrogen-bond donors (Lipinski definition) is 1. The summed E-state index contributed by atoms with van der Waals surface area (Å²) in [4.78, 5) is 23.9. The van der Waals surface area contributed by atoms with Gasteiger partial charge in [0, 0.05) is 30.6 Å². The van der Waals surface area contributed by atoms with Crippen molar-refractivity contribution in [3.63, 3.8) is 0 Å². The molecule has 1 saturated carbocycles. The molecule has 0 aromatic carbocycles. The Morgan fingerprint density at radius 2 is 2.23 bits per heavy atom. The third-order valence-electron chi connectivity index (χ3n) is 6.60. The summed E-state index contributed by atoms with van der Waals surface area (Å²) in [7, 11) is 0. The Kier molecular flexibility index (Phi) is 5.80. The van der Waals surface area contributed by atoms with Crippen LogP contribution in [-0.2, 0) is 0 Å². The van der Waals surface area contributed by atoms with Gasteiger partial charge in [-0.2, -0.15) is 0 Å².